The van der Waals surface area contributed by atoms with Gasteiger partial charge in [0.15, 0.2) is 0 Å². The first-order valence-electron chi connectivity index (χ1n) is 4.00. The maximum absolute atomic E-state index is 5.06. The first-order valence-corrected chi connectivity index (χ1v) is 4.80. The normalized spacial score (nSPS) is 11.7. The van der Waals surface area contributed by atoms with Gasteiger partial charge in [0.05, 0.1) is 12.3 Å². The SMILES string of the molecule is CC(C)(CON)c1ncccc1Br. The van der Waals surface area contributed by atoms with Crippen molar-refractivity contribution in [3.63, 3.8) is 0 Å². The molecule has 2 N–H and O–H groups in total. The smallest absolute Gasteiger partial charge is 0.0786 e. The first-order chi connectivity index (χ1) is 6.08. The molecule has 0 saturated heterocycles. The Bertz CT molecular complexity index is 289. The molecule has 0 atom stereocenters. The number of aromatic nitrogens is 1. The second-order valence-electron chi connectivity index (χ2n) is 3.53. The van der Waals surface area contributed by atoms with E-state index >= 15 is 0 Å². The van der Waals surface area contributed by atoms with Crippen molar-refractivity contribution in [1.82, 2.24) is 4.98 Å². The van der Waals surface area contributed by atoms with Crippen molar-refractivity contribution in [3.8, 4) is 0 Å². The highest BCUT2D eigenvalue weighted by atomic mass is 79.9. The summed E-state index contributed by atoms with van der Waals surface area (Å²) >= 11 is 3.44. The van der Waals surface area contributed by atoms with Crippen LogP contribution in [0.15, 0.2) is 22.8 Å². The Kier molecular flexibility index (Phi) is 3.41. The largest absolute Gasteiger partial charge is 0.304 e. The number of hydrogen-bond acceptors (Lipinski definition) is 3. The van der Waals surface area contributed by atoms with E-state index in [4.69, 9.17) is 5.90 Å². The van der Waals surface area contributed by atoms with Crippen molar-refractivity contribution < 1.29 is 4.84 Å². The Morgan fingerprint density at radius 3 is 2.85 bits per heavy atom. The fourth-order valence-electron chi connectivity index (χ4n) is 1.16. The maximum atomic E-state index is 5.06. The number of pyridine rings is 1. The third-order valence-electron chi connectivity index (χ3n) is 1.84. The third-order valence-corrected chi connectivity index (χ3v) is 2.48. The summed E-state index contributed by atoms with van der Waals surface area (Å²) in [5, 5.41) is 0. The Hall–Kier alpha value is -0.450. The molecule has 0 fully saturated rings. The van der Waals surface area contributed by atoms with Crippen molar-refractivity contribution in [1.29, 1.82) is 0 Å². The van der Waals surface area contributed by atoms with Crippen molar-refractivity contribution >= 4 is 15.9 Å². The molecule has 1 aromatic rings. The van der Waals surface area contributed by atoms with E-state index in [1.807, 2.05) is 26.0 Å². The summed E-state index contributed by atoms with van der Waals surface area (Å²) in [6, 6.07) is 3.84. The van der Waals surface area contributed by atoms with Crippen LogP contribution in [0.2, 0.25) is 0 Å². The lowest BCUT2D eigenvalue weighted by molar-refractivity contribution is 0.0946. The molecule has 0 bridgehead atoms. The van der Waals surface area contributed by atoms with Crippen LogP contribution in [0.4, 0.5) is 0 Å². The van der Waals surface area contributed by atoms with Crippen LogP contribution in [-0.2, 0) is 10.3 Å². The zero-order valence-electron chi connectivity index (χ0n) is 7.75. The zero-order valence-corrected chi connectivity index (χ0v) is 9.34. The molecule has 72 valence electrons. The van der Waals surface area contributed by atoms with E-state index in [2.05, 4.69) is 25.8 Å². The van der Waals surface area contributed by atoms with Crippen LogP contribution in [0.3, 0.4) is 0 Å². The van der Waals surface area contributed by atoms with Gasteiger partial charge in [-0.25, -0.2) is 5.90 Å². The van der Waals surface area contributed by atoms with E-state index in [1.165, 1.54) is 0 Å². The van der Waals surface area contributed by atoms with Gasteiger partial charge < -0.3 is 4.84 Å². The average molecular weight is 245 g/mol. The van der Waals surface area contributed by atoms with Gasteiger partial charge in [-0.1, -0.05) is 13.8 Å². The van der Waals surface area contributed by atoms with Gasteiger partial charge in [0.25, 0.3) is 0 Å². The molecule has 0 radical (unpaired) electrons. The van der Waals surface area contributed by atoms with Gasteiger partial charge in [-0.2, -0.15) is 0 Å². The summed E-state index contributed by atoms with van der Waals surface area (Å²) in [6.07, 6.45) is 1.76. The maximum Gasteiger partial charge on any atom is 0.0786 e. The Morgan fingerprint density at radius 2 is 2.31 bits per heavy atom. The molecule has 4 heteroatoms. The molecular weight excluding hydrogens is 232 g/mol. The van der Waals surface area contributed by atoms with Crippen LogP contribution in [-0.4, -0.2) is 11.6 Å². The number of nitrogens with two attached hydrogens (primary N) is 1. The van der Waals surface area contributed by atoms with Crippen LogP contribution < -0.4 is 5.90 Å². The average Bonchev–Trinajstić information content (AvgIpc) is 2.04. The van der Waals surface area contributed by atoms with Gasteiger partial charge in [0.2, 0.25) is 0 Å². The quantitative estimate of drug-likeness (QED) is 0.828. The number of nitrogens with zero attached hydrogens (tertiary/aromatic N) is 1. The standard InChI is InChI=1S/C9H13BrN2O/c1-9(2,6-13-11)8-7(10)4-3-5-12-8/h3-5H,6,11H2,1-2H3. The van der Waals surface area contributed by atoms with E-state index in [1.54, 1.807) is 6.20 Å². The van der Waals surface area contributed by atoms with Crippen LogP contribution in [0.1, 0.15) is 19.5 Å². The number of hydrogen-bond donors (Lipinski definition) is 1. The van der Waals surface area contributed by atoms with Gasteiger partial charge in [-0.05, 0) is 28.1 Å². The minimum atomic E-state index is -0.172. The topological polar surface area (TPSA) is 48.1 Å². The minimum absolute atomic E-state index is 0.172. The highest BCUT2D eigenvalue weighted by Gasteiger charge is 2.24. The number of halogens is 1. The van der Waals surface area contributed by atoms with Gasteiger partial charge in [-0.15, -0.1) is 0 Å². The highest BCUT2D eigenvalue weighted by Crippen LogP contribution is 2.27. The molecule has 0 aliphatic heterocycles. The summed E-state index contributed by atoms with van der Waals surface area (Å²) in [5.41, 5.74) is 0.787. The highest BCUT2D eigenvalue weighted by molar-refractivity contribution is 9.10. The molecule has 3 nitrogen and oxygen atoms in total. The van der Waals surface area contributed by atoms with Crippen molar-refractivity contribution in [2.24, 2.45) is 5.90 Å². The van der Waals surface area contributed by atoms with Crippen LogP contribution in [0.25, 0.3) is 0 Å². The Morgan fingerprint density at radius 1 is 1.62 bits per heavy atom. The van der Waals surface area contributed by atoms with Crippen molar-refractivity contribution in [2.75, 3.05) is 6.61 Å². The third kappa shape index (κ3) is 2.49. The molecule has 0 saturated carbocycles. The molecule has 0 aliphatic rings. The monoisotopic (exact) mass is 244 g/mol. The first kappa shape index (κ1) is 10.6. The summed E-state index contributed by atoms with van der Waals surface area (Å²) in [5.74, 6) is 5.06. The fourth-order valence-corrected chi connectivity index (χ4v) is 1.95. The summed E-state index contributed by atoms with van der Waals surface area (Å²) in [6.45, 7) is 4.52. The summed E-state index contributed by atoms with van der Waals surface area (Å²) in [7, 11) is 0. The lowest BCUT2D eigenvalue weighted by Crippen LogP contribution is -2.27. The molecule has 0 unspecified atom stereocenters. The van der Waals surface area contributed by atoms with Crippen LogP contribution >= 0.6 is 15.9 Å². The zero-order chi connectivity index (χ0) is 9.90. The fraction of sp³-hybridized carbons (Fsp3) is 0.444. The predicted octanol–water partition coefficient (Wildman–Crippen LogP) is 2.01. The lowest BCUT2D eigenvalue weighted by Gasteiger charge is -2.23. The van der Waals surface area contributed by atoms with Gasteiger partial charge in [-0.3, -0.25) is 4.98 Å². The van der Waals surface area contributed by atoms with Gasteiger partial charge in [0, 0.05) is 16.1 Å². The summed E-state index contributed by atoms with van der Waals surface area (Å²) < 4.78 is 0.983. The van der Waals surface area contributed by atoms with E-state index in [-0.39, 0.29) is 5.41 Å². The molecule has 0 spiro atoms. The van der Waals surface area contributed by atoms with E-state index < -0.39 is 0 Å². The lowest BCUT2D eigenvalue weighted by atomic mass is 9.90. The molecule has 1 rings (SSSR count). The van der Waals surface area contributed by atoms with Gasteiger partial charge in [0.1, 0.15) is 0 Å². The second-order valence-corrected chi connectivity index (χ2v) is 4.38. The molecule has 1 aromatic heterocycles. The number of rotatable bonds is 3. The molecule has 0 aromatic carbocycles. The minimum Gasteiger partial charge on any atom is -0.304 e. The molecular formula is C9H13BrN2O. The molecule has 13 heavy (non-hydrogen) atoms. The van der Waals surface area contributed by atoms with Crippen molar-refractivity contribution in [2.45, 2.75) is 19.3 Å². The van der Waals surface area contributed by atoms with Crippen LogP contribution in [0, 0.1) is 0 Å². The van der Waals surface area contributed by atoms with E-state index in [9.17, 15) is 0 Å². The Balaban J connectivity index is 2.99. The van der Waals surface area contributed by atoms with Gasteiger partial charge >= 0.3 is 0 Å². The Labute approximate surface area is 86.4 Å². The van der Waals surface area contributed by atoms with Crippen molar-refractivity contribution in [3.05, 3.63) is 28.5 Å². The van der Waals surface area contributed by atoms with E-state index in [0.717, 1.165) is 10.2 Å². The molecule has 0 aliphatic carbocycles. The molecule has 0 amide bonds. The summed E-state index contributed by atoms with van der Waals surface area (Å²) in [4.78, 5) is 8.94. The predicted molar refractivity (Wildman–Crippen MR) is 55.1 cm³/mol. The van der Waals surface area contributed by atoms with Crippen LogP contribution in [0.5, 0.6) is 0 Å². The molecule has 1 heterocycles. The van der Waals surface area contributed by atoms with E-state index in [0.29, 0.717) is 6.61 Å². The second kappa shape index (κ2) is 4.17.